The molecular weight excluding hydrogens is 244 g/mol. The molecule has 0 radical (unpaired) electrons. The fourth-order valence-electron chi connectivity index (χ4n) is 1.59. The topological polar surface area (TPSA) is 75.3 Å². The predicted molar refractivity (Wildman–Crippen MR) is 68.4 cm³/mol. The summed E-state index contributed by atoms with van der Waals surface area (Å²) in [6.07, 6.45) is 1.59. The number of ether oxygens (including phenoxy) is 1. The molecule has 0 aliphatic carbocycles. The Morgan fingerprint density at radius 1 is 1.32 bits per heavy atom. The number of nitrogens with one attached hydrogen (secondary N) is 1. The molecule has 1 aromatic heterocycles. The Balaban J connectivity index is 2.08. The number of carbonyl (C=O) groups is 1. The lowest BCUT2D eigenvalue weighted by Crippen LogP contribution is -2.09. The molecule has 1 aromatic carbocycles. The van der Waals surface area contributed by atoms with Crippen LogP contribution in [-0.2, 0) is 11.3 Å². The van der Waals surface area contributed by atoms with Crippen LogP contribution < -0.4 is 5.32 Å². The zero-order chi connectivity index (χ0) is 13.5. The third kappa shape index (κ3) is 3.36. The van der Waals surface area contributed by atoms with Gasteiger partial charge in [0.2, 0.25) is 0 Å². The summed E-state index contributed by atoms with van der Waals surface area (Å²) < 4.78 is 9.99. The zero-order valence-corrected chi connectivity index (χ0v) is 10.1. The van der Waals surface area contributed by atoms with Crippen molar-refractivity contribution in [2.45, 2.75) is 6.54 Å². The van der Waals surface area contributed by atoms with E-state index in [2.05, 4.69) is 5.32 Å². The maximum atomic E-state index is 11.7. The number of benzene rings is 1. The molecule has 2 aromatic rings. The molecule has 0 atom stereocenters. The fourth-order valence-corrected chi connectivity index (χ4v) is 1.59. The summed E-state index contributed by atoms with van der Waals surface area (Å²) in [6, 6.07) is 12.4. The van der Waals surface area contributed by atoms with Gasteiger partial charge >= 0.3 is 5.97 Å². The number of anilines is 1. The van der Waals surface area contributed by atoms with Gasteiger partial charge in [-0.1, -0.05) is 12.1 Å². The summed E-state index contributed by atoms with van der Waals surface area (Å²) in [4.78, 5) is 11.7. The number of hydrogen-bond acceptors (Lipinski definition) is 5. The van der Waals surface area contributed by atoms with Crippen LogP contribution in [0.2, 0.25) is 0 Å². The molecule has 0 saturated heterocycles. The number of esters is 1. The molecule has 5 nitrogen and oxygen atoms in total. The first-order valence-corrected chi connectivity index (χ1v) is 5.70. The first-order chi connectivity index (χ1) is 9.31. The van der Waals surface area contributed by atoms with E-state index in [0.29, 0.717) is 17.8 Å². The van der Waals surface area contributed by atoms with Crippen LogP contribution in [0.1, 0.15) is 16.1 Å². The predicted octanol–water partition coefficient (Wildman–Crippen LogP) is 2.57. The van der Waals surface area contributed by atoms with E-state index in [9.17, 15) is 4.79 Å². The highest BCUT2D eigenvalue weighted by atomic mass is 16.5. The molecule has 0 amide bonds. The van der Waals surface area contributed by atoms with Crippen molar-refractivity contribution in [3.05, 3.63) is 54.0 Å². The van der Waals surface area contributed by atoms with Crippen LogP contribution in [0.25, 0.3) is 0 Å². The maximum absolute atomic E-state index is 11.7. The van der Waals surface area contributed by atoms with Crippen molar-refractivity contribution in [2.24, 2.45) is 0 Å². The fraction of sp³-hybridized carbons (Fsp3) is 0.143. The second kappa shape index (κ2) is 6.26. The average Bonchev–Trinajstić information content (AvgIpc) is 2.96. The highest BCUT2D eigenvalue weighted by molar-refractivity contribution is 5.95. The molecular formula is C14H12N2O3. The second-order valence-corrected chi connectivity index (χ2v) is 3.71. The Kier molecular flexibility index (Phi) is 4.19. The van der Waals surface area contributed by atoms with Crippen molar-refractivity contribution < 1.29 is 13.9 Å². The van der Waals surface area contributed by atoms with Crippen molar-refractivity contribution in [2.75, 3.05) is 11.9 Å². The van der Waals surface area contributed by atoms with Gasteiger partial charge in [-0.15, -0.1) is 0 Å². The molecule has 0 fully saturated rings. The average molecular weight is 256 g/mol. The van der Waals surface area contributed by atoms with Gasteiger partial charge in [0.25, 0.3) is 0 Å². The lowest BCUT2D eigenvalue weighted by Gasteiger charge is -2.09. The summed E-state index contributed by atoms with van der Waals surface area (Å²) in [5, 5.41) is 11.5. The highest BCUT2D eigenvalue weighted by Crippen LogP contribution is 2.17. The number of para-hydroxylation sites is 1. The first-order valence-electron chi connectivity index (χ1n) is 5.70. The van der Waals surface area contributed by atoms with E-state index in [4.69, 9.17) is 14.4 Å². The molecule has 2 rings (SSSR count). The minimum atomic E-state index is -0.524. The molecule has 1 N–H and O–H groups in total. The van der Waals surface area contributed by atoms with Gasteiger partial charge in [0.1, 0.15) is 11.8 Å². The van der Waals surface area contributed by atoms with Crippen LogP contribution in [0.4, 0.5) is 5.69 Å². The number of carbonyl (C=O) groups excluding carboxylic acids is 1. The molecule has 0 saturated carbocycles. The van der Waals surface area contributed by atoms with E-state index >= 15 is 0 Å². The summed E-state index contributed by atoms with van der Waals surface area (Å²) in [5.74, 6) is 0.240. The maximum Gasteiger partial charge on any atom is 0.341 e. The first kappa shape index (κ1) is 12.7. The Morgan fingerprint density at radius 3 is 2.89 bits per heavy atom. The lowest BCUT2D eigenvalue weighted by molar-refractivity contribution is 0.0556. The Labute approximate surface area is 110 Å². The van der Waals surface area contributed by atoms with E-state index in [1.54, 1.807) is 36.6 Å². The van der Waals surface area contributed by atoms with Crippen molar-refractivity contribution in [1.82, 2.24) is 0 Å². The van der Waals surface area contributed by atoms with E-state index in [0.717, 1.165) is 5.76 Å². The van der Waals surface area contributed by atoms with Gasteiger partial charge in [0, 0.05) is 5.69 Å². The standard InChI is InChI=1S/C14H12N2O3/c15-7-9-19-14(17)12-5-1-2-6-13(12)16-10-11-4-3-8-18-11/h1-6,8,16H,9-10H2. The molecule has 0 bridgehead atoms. The second-order valence-electron chi connectivity index (χ2n) is 3.71. The quantitative estimate of drug-likeness (QED) is 0.832. The number of rotatable bonds is 5. The summed E-state index contributed by atoms with van der Waals surface area (Å²) in [6.45, 7) is 0.209. The Morgan fingerprint density at radius 2 is 2.16 bits per heavy atom. The van der Waals surface area contributed by atoms with Crippen LogP contribution in [-0.4, -0.2) is 12.6 Å². The van der Waals surface area contributed by atoms with Gasteiger partial charge in [0.15, 0.2) is 6.61 Å². The Hall–Kier alpha value is -2.74. The summed E-state index contributed by atoms with van der Waals surface area (Å²) in [7, 11) is 0. The van der Waals surface area contributed by atoms with E-state index in [1.807, 2.05) is 12.1 Å². The van der Waals surface area contributed by atoms with E-state index in [-0.39, 0.29) is 6.61 Å². The van der Waals surface area contributed by atoms with Gasteiger partial charge in [0.05, 0.1) is 18.4 Å². The molecule has 0 unspecified atom stereocenters. The SMILES string of the molecule is N#CCOC(=O)c1ccccc1NCc1ccco1. The number of nitriles is 1. The number of hydrogen-bond donors (Lipinski definition) is 1. The van der Waals surface area contributed by atoms with Gasteiger partial charge in [-0.25, -0.2) is 4.79 Å². The van der Waals surface area contributed by atoms with Crippen molar-refractivity contribution in [1.29, 1.82) is 5.26 Å². The van der Waals surface area contributed by atoms with E-state index < -0.39 is 5.97 Å². The largest absolute Gasteiger partial charge is 0.467 e. The monoisotopic (exact) mass is 256 g/mol. The third-order valence-electron chi connectivity index (χ3n) is 2.45. The number of nitrogens with zero attached hydrogens (tertiary/aromatic N) is 1. The van der Waals surface area contributed by atoms with Crippen LogP contribution in [0.3, 0.4) is 0 Å². The van der Waals surface area contributed by atoms with Crippen molar-refractivity contribution in [3.8, 4) is 6.07 Å². The highest BCUT2D eigenvalue weighted by Gasteiger charge is 2.12. The zero-order valence-electron chi connectivity index (χ0n) is 10.1. The molecule has 0 spiro atoms. The smallest absolute Gasteiger partial charge is 0.341 e. The van der Waals surface area contributed by atoms with Gasteiger partial charge < -0.3 is 14.5 Å². The minimum absolute atomic E-state index is 0.259. The van der Waals surface area contributed by atoms with Gasteiger partial charge in [-0.2, -0.15) is 5.26 Å². The minimum Gasteiger partial charge on any atom is -0.467 e. The third-order valence-corrected chi connectivity index (χ3v) is 2.45. The number of furan rings is 1. The van der Waals surface area contributed by atoms with Crippen molar-refractivity contribution >= 4 is 11.7 Å². The molecule has 0 aliphatic heterocycles. The van der Waals surface area contributed by atoms with Crippen LogP contribution in [0.5, 0.6) is 0 Å². The van der Waals surface area contributed by atoms with Gasteiger partial charge in [-0.3, -0.25) is 0 Å². The van der Waals surface area contributed by atoms with Crippen molar-refractivity contribution in [3.63, 3.8) is 0 Å². The molecule has 5 heteroatoms. The van der Waals surface area contributed by atoms with Crippen LogP contribution >= 0.6 is 0 Å². The summed E-state index contributed by atoms with van der Waals surface area (Å²) in [5.41, 5.74) is 1.03. The molecule has 0 aliphatic rings. The van der Waals surface area contributed by atoms with Gasteiger partial charge in [-0.05, 0) is 24.3 Å². The van der Waals surface area contributed by atoms with Crippen LogP contribution in [0, 0.1) is 11.3 Å². The lowest BCUT2D eigenvalue weighted by atomic mass is 10.2. The molecule has 96 valence electrons. The normalized spacial score (nSPS) is 9.63. The molecule has 1 heterocycles. The summed E-state index contributed by atoms with van der Waals surface area (Å²) >= 11 is 0. The van der Waals surface area contributed by atoms with Crippen LogP contribution in [0.15, 0.2) is 47.1 Å². The Bertz CT molecular complexity index is 585. The molecule has 19 heavy (non-hydrogen) atoms. The van der Waals surface area contributed by atoms with E-state index in [1.165, 1.54) is 0 Å².